The summed E-state index contributed by atoms with van der Waals surface area (Å²) in [4.78, 5) is 11.3. The molecule has 0 heterocycles. The molecule has 0 amide bonds. The summed E-state index contributed by atoms with van der Waals surface area (Å²) in [6.45, 7) is 6.12. The maximum absolute atomic E-state index is 11.3. The predicted octanol–water partition coefficient (Wildman–Crippen LogP) is 3.23. The first kappa shape index (κ1) is 11.3. The van der Waals surface area contributed by atoms with Crippen LogP contribution in [0.2, 0.25) is 0 Å². The summed E-state index contributed by atoms with van der Waals surface area (Å²) in [6, 6.07) is 0. The lowest BCUT2D eigenvalue weighted by Gasteiger charge is -2.27. The molecular weight excluding hydrogens is 176 g/mol. The Labute approximate surface area is 86.0 Å². The SMILES string of the molecule is CC(C)=CCC1(C(=O)O)CCCC1C. The van der Waals surface area contributed by atoms with Crippen molar-refractivity contribution in [1.82, 2.24) is 0 Å². The molecule has 1 saturated carbocycles. The molecule has 80 valence electrons. The Morgan fingerprint density at radius 1 is 1.57 bits per heavy atom. The summed E-state index contributed by atoms with van der Waals surface area (Å²) < 4.78 is 0. The van der Waals surface area contributed by atoms with E-state index in [-0.39, 0.29) is 0 Å². The van der Waals surface area contributed by atoms with Crippen LogP contribution in [0.3, 0.4) is 0 Å². The summed E-state index contributed by atoms with van der Waals surface area (Å²) in [5.41, 5.74) is 0.738. The number of carboxylic acids is 1. The van der Waals surface area contributed by atoms with E-state index in [1.54, 1.807) is 0 Å². The van der Waals surface area contributed by atoms with Crippen molar-refractivity contribution in [3.05, 3.63) is 11.6 Å². The largest absolute Gasteiger partial charge is 0.481 e. The van der Waals surface area contributed by atoms with E-state index >= 15 is 0 Å². The van der Waals surface area contributed by atoms with Gasteiger partial charge in [0, 0.05) is 0 Å². The van der Waals surface area contributed by atoms with Crippen LogP contribution in [0, 0.1) is 11.3 Å². The third-order valence-electron chi connectivity index (χ3n) is 3.50. The molecule has 0 saturated heterocycles. The minimum Gasteiger partial charge on any atom is -0.481 e. The smallest absolute Gasteiger partial charge is 0.310 e. The highest BCUT2D eigenvalue weighted by atomic mass is 16.4. The fourth-order valence-corrected chi connectivity index (χ4v) is 2.34. The minimum atomic E-state index is -0.611. The molecule has 14 heavy (non-hydrogen) atoms. The Kier molecular flexibility index (Phi) is 3.35. The molecule has 1 aliphatic carbocycles. The van der Waals surface area contributed by atoms with Gasteiger partial charge in [0.2, 0.25) is 0 Å². The molecule has 2 heteroatoms. The van der Waals surface area contributed by atoms with Crippen molar-refractivity contribution in [2.24, 2.45) is 11.3 Å². The van der Waals surface area contributed by atoms with Crippen molar-refractivity contribution in [1.29, 1.82) is 0 Å². The highest BCUT2D eigenvalue weighted by molar-refractivity contribution is 5.75. The van der Waals surface area contributed by atoms with Crippen LogP contribution in [0.25, 0.3) is 0 Å². The molecule has 0 bridgehead atoms. The number of hydrogen-bond donors (Lipinski definition) is 1. The van der Waals surface area contributed by atoms with E-state index in [1.807, 2.05) is 13.8 Å². The number of carboxylic acid groups (broad SMARTS) is 1. The average molecular weight is 196 g/mol. The van der Waals surface area contributed by atoms with E-state index in [4.69, 9.17) is 0 Å². The van der Waals surface area contributed by atoms with Gasteiger partial charge in [0.05, 0.1) is 5.41 Å². The second kappa shape index (κ2) is 4.16. The quantitative estimate of drug-likeness (QED) is 0.703. The fourth-order valence-electron chi connectivity index (χ4n) is 2.34. The third kappa shape index (κ3) is 1.99. The lowest BCUT2D eigenvalue weighted by Crippen LogP contribution is -2.33. The van der Waals surface area contributed by atoms with Gasteiger partial charge < -0.3 is 5.11 Å². The van der Waals surface area contributed by atoms with Gasteiger partial charge in [0.25, 0.3) is 0 Å². The van der Waals surface area contributed by atoms with Crippen LogP contribution in [-0.4, -0.2) is 11.1 Å². The van der Waals surface area contributed by atoms with Crippen molar-refractivity contribution in [2.45, 2.75) is 46.5 Å². The fraction of sp³-hybridized carbons (Fsp3) is 0.750. The van der Waals surface area contributed by atoms with Gasteiger partial charge in [-0.1, -0.05) is 25.0 Å². The van der Waals surface area contributed by atoms with Crippen LogP contribution in [0.5, 0.6) is 0 Å². The molecule has 1 rings (SSSR count). The Balaban J connectivity index is 2.82. The van der Waals surface area contributed by atoms with Crippen LogP contribution >= 0.6 is 0 Å². The van der Waals surface area contributed by atoms with Gasteiger partial charge in [0.1, 0.15) is 0 Å². The van der Waals surface area contributed by atoms with Crippen molar-refractivity contribution < 1.29 is 9.90 Å². The number of rotatable bonds is 3. The first-order valence-electron chi connectivity index (χ1n) is 5.36. The molecule has 2 atom stereocenters. The number of hydrogen-bond acceptors (Lipinski definition) is 1. The zero-order chi connectivity index (χ0) is 10.8. The standard InChI is InChI=1S/C12H20O2/c1-9(2)6-8-12(11(13)14)7-4-5-10(12)3/h6,10H,4-5,7-8H2,1-3H3,(H,13,14). The molecule has 1 aliphatic rings. The minimum absolute atomic E-state index is 0.315. The van der Waals surface area contributed by atoms with Gasteiger partial charge in [-0.05, 0) is 39.0 Å². The molecule has 0 spiro atoms. The van der Waals surface area contributed by atoms with Crippen LogP contribution in [0.4, 0.5) is 0 Å². The van der Waals surface area contributed by atoms with E-state index < -0.39 is 11.4 Å². The van der Waals surface area contributed by atoms with Gasteiger partial charge in [-0.2, -0.15) is 0 Å². The molecule has 0 radical (unpaired) electrons. The summed E-state index contributed by atoms with van der Waals surface area (Å²) in [5.74, 6) is -0.296. The van der Waals surface area contributed by atoms with Crippen molar-refractivity contribution in [3.63, 3.8) is 0 Å². The second-order valence-electron chi connectivity index (χ2n) is 4.74. The Hall–Kier alpha value is -0.790. The summed E-state index contributed by atoms with van der Waals surface area (Å²) in [6.07, 6.45) is 5.72. The summed E-state index contributed by atoms with van der Waals surface area (Å²) >= 11 is 0. The topological polar surface area (TPSA) is 37.3 Å². The first-order chi connectivity index (χ1) is 6.49. The number of aliphatic carboxylic acids is 1. The molecule has 1 fully saturated rings. The average Bonchev–Trinajstić information content (AvgIpc) is 2.44. The molecule has 0 aliphatic heterocycles. The molecule has 0 aromatic carbocycles. The zero-order valence-electron chi connectivity index (χ0n) is 9.34. The normalized spacial score (nSPS) is 31.5. The van der Waals surface area contributed by atoms with Gasteiger partial charge in [-0.15, -0.1) is 0 Å². The van der Waals surface area contributed by atoms with Gasteiger partial charge in [-0.25, -0.2) is 0 Å². The number of carbonyl (C=O) groups is 1. The van der Waals surface area contributed by atoms with Crippen LogP contribution in [0.1, 0.15) is 46.5 Å². The van der Waals surface area contributed by atoms with Crippen molar-refractivity contribution >= 4 is 5.97 Å². The maximum atomic E-state index is 11.3. The lowest BCUT2D eigenvalue weighted by atomic mass is 9.75. The van der Waals surface area contributed by atoms with Crippen molar-refractivity contribution in [2.75, 3.05) is 0 Å². The van der Waals surface area contributed by atoms with Gasteiger partial charge in [-0.3, -0.25) is 4.79 Å². The first-order valence-corrected chi connectivity index (χ1v) is 5.36. The van der Waals surface area contributed by atoms with Gasteiger partial charge >= 0.3 is 5.97 Å². The van der Waals surface area contributed by atoms with Crippen molar-refractivity contribution in [3.8, 4) is 0 Å². The monoisotopic (exact) mass is 196 g/mol. The summed E-state index contributed by atoms with van der Waals surface area (Å²) in [7, 11) is 0. The van der Waals surface area contributed by atoms with E-state index in [1.165, 1.54) is 5.57 Å². The Bertz CT molecular complexity index is 251. The Morgan fingerprint density at radius 3 is 2.57 bits per heavy atom. The highest BCUT2D eigenvalue weighted by Gasteiger charge is 2.45. The summed E-state index contributed by atoms with van der Waals surface area (Å²) in [5, 5.41) is 9.32. The highest BCUT2D eigenvalue weighted by Crippen LogP contribution is 2.46. The Morgan fingerprint density at radius 2 is 2.21 bits per heavy atom. The van der Waals surface area contributed by atoms with E-state index in [9.17, 15) is 9.90 Å². The molecule has 2 nitrogen and oxygen atoms in total. The molecule has 2 unspecified atom stereocenters. The molecule has 0 aromatic rings. The maximum Gasteiger partial charge on any atom is 0.310 e. The van der Waals surface area contributed by atoms with Crippen LogP contribution < -0.4 is 0 Å². The molecular formula is C12H20O2. The molecule has 1 N–H and O–H groups in total. The number of allylic oxidation sites excluding steroid dienone is 2. The van der Waals surface area contributed by atoms with Crippen LogP contribution in [0.15, 0.2) is 11.6 Å². The van der Waals surface area contributed by atoms with Crippen LogP contribution in [-0.2, 0) is 4.79 Å². The van der Waals surface area contributed by atoms with Gasteiger partial charge in [0.15, 0.2) is 0 Å². The second-order valence-corrected chi connectivity index (χ2v) is 4.74. The van der Waals surface area contributed by atoms with E-state index in [0.717, 1.165) is 19.3 Å². The predicted molar refractivity (Wildman–Crippen MR) is 57.1 cm³/mol. The molecule has 0 aromatic heterocycles. The zero-order valence-corrected chi connectivity index (χ0v) is 9.34. The van der Waals surface area contributed by atoms with E-state index in [0.29, 0.717) is 12.3 Å². The third-order valence-corrected chi connectivity index (χ3v) is 3.50. The van der Waals surface area contributed by atoms with E-state index in [2.05, 4.69) is 13.0 Å². The lowest BCUT2D eigenvalue weighted by molar-refractivity contribution is -0.150.